The lowest BCUT2D eigenvalue weighted by Gasteiger charge is -2.11. The first-order valence-corrected chi connectivity index (χ1v) is 5.88. The molecular formula is C15H26. The van der Waals surface area contributed by atoms with E-state index in [0.29, 0.717) is 5.92 Å². The second-order valence-electron chi connectivity index (χ2n) is 4.06. The molecule has 0 amide bonds. The lowest BCUT2D eigenvalue weighted by molar-refractivity contribution is 0.842. The molecule has 0 aliphatic heterocycles. The Hall–Kier alpha value is -0.780. The SMILES string of the molecule is C.CC.CC(C)c1ccccc1C1CC1. The van der Waals surface area contributed by atoms with Crippen molar-refractivity contribution in [3.05, 3.63) is 35.4 Å². The third kappa shape index (κ3) is 3.70. The first-order valence-electron chi connectivity index (χ1n) is 5.88. The molecule has 15 heavy (non-hydrogen) atoms. The summed E-state index contributed by atoms with van der Waals surface area (Å²) in [5.41, 5.74) is 3.16. The van der Waals surface area contributed by atoms with E-state index in [4.69, 9.17) is 0 Å². The predicted molar refractivity (Wildman–Crippen MR) is 70.6 cm³/mol. The molecule has 0 radical (unpaired) electrons. The summed E-state index contributed by atoms with van der Waals surface area (Å²) in [4.78, 5) is 0. The molecule has 0 heteroatoms. The molecular weight excluding hydrogens is 180 g/mol. The second-order valence-corrected chi connectivity index (χ2v) is 4.06. The topological polar surface area (TPSA) is 0 Å². The van der Waals surface area contributed by atoms with Crippen molar-refractivity contribution in [1.82, 2.24) is 0 Å². The molecule has 0 atom stereocenters. The lowest BCUT2D eigenvalue weighted by atomic mass is 9.95. The Morgan fingerprint density at radius 1 is 1.07 bits per heavy atom. The fraction of sp³-hybridized carbons (Fsp3) is 0.600. The highest BCUT2D eigenvalue weighted by atomic mass is 14.3. The van der Waals surface area contributed by atoms with Crippen molar-refractivity contribution in [2.24, 2.45) is 0 Å². The molecule has 0 bridgehead atoms. The van der Waals surface area contributed by atoms with E-state index in [1.165, 1.54) is 12.8 Å². The summed E-state index contributed by atoms with van der Waals surface area (Å²) >= 11 is 0. The van der Waals surface area contributed by atoms with Gasteiger partial charge in [-0.15, -0.1) is 0 Å². The Morgan fingerprint density at radius 3 is 2.07 bits per heavy atom. The van der Waals surface area contributed by atoms with Crippen LogP contribution in [0, 0.1) is 0 Å². The molecule has 0 N–H and O–H groups in total. The molecule has 86 valence electrons. The van der Waals surface area contributed by atoms with Crippen LogP contribution in [0.25, 0.3) is 0 Å². The van der Waals surface area contributed by atoms with Crippen LogP contribution in [-0.2, 0) is 0 Å². The van der Waals surface area contributed by atoms with Crippen molar-refractivity contribution >= 4 is 0 Å². The van der Waals surface area contributed by atoms with Crippen LogP contribution in [0.1, 0.15) is 70.9 Å². The Bertz CT molecular complexity index is 248. The normalized spacial score (nSPS) is 13.9. The molecule has 1 aromatic rings. The van der Waals surface area contributed by atoms with E-state index in [1.54, 1.807) is 11.1 Å². The fourth-order valence-electron chi connectivity index (χ4n) is 1.80. The van der Waals surface area contributed by atoms with Gasteiger partial charge in [-0.3, -0.25) is 0 Å². The van der Waals surface area contributed by atoms with Gasteiger partial charge in [0, 0.05) is 0 Å². The van der Waals surface area contributed by atoms with Gasteiger partial charge in [-0.1, -0.05) is 59.4 Å². The van der Waals surface area contributed by atoms with Crippen LogP contribution in [0.5, 0.6) is 0 Å². The van der Waals surface area contributed by atoms with Crippen molar-refractivity contribution in [3.63, 3.8) is 0 Å². The molecule has 0 nitrogen and oxygen atoms in total. The van der Waals surface area contributed by atoms with Gasteiger partial charge >= 0.3 is 0 Å². The van der Waals surface area contributed by atoms with E-state index >= 15 is 0 Å². The zero-order chi connectivity index (χ0) is 10.6. The van der Waals surface area contributed by atoms with Crippen LogP contribution in [0.2, 0.25) is 0 Å². The lowest BCUT2D eigenvalue weighted by Crippen LogP contribution is -1.93. The highest BCUT2D eigenvalue weighted by molar-refractivity contribution is 5.35. The Morgan fingerprint density at radius 2 is 1.60 bits per heavy atom. The van der Waals surface area contributed by atoms with Crippen LogP contribution in [-0.4, -0.2) is 0 Å². The maximum atomic E-state index is 2.30. The number of hydrogen-bond acceptors (Lipinski definition) is 0. The Labute approximate surface area is 95.7 Å². The maximum Gasteiger partial charge on any atom is -0.0159 e. The third-order valence-electron chi connectivity index (χ3n) is 2.64. The van der Waals surface area contributed by atoms with Crippen LogP contribution >= 0.6 is 0 Å². The number of benzene rings is 1. The van der Waals surface area contributed by atoms with E-state index in [2.05, 4.69) is 38.1 Å². The fourth-order valence-corrected chi connectivity index (χ4v) is 1.80. The summed E-state index contributed by atoms with van der Waals surface area (Å²) < 4.78 is 0. The van der Waals surface area contributed by atoms with Gasteiger partial charge in [0.1, 0.15) is 0 Å². The summed E-state index contributed by atoms with van der Waals surface area (Å²) in [6, 6.07) is 8.89. The summed E-state index contributed by atoms with van der Waals surface area (Å²) in [6.07, 6.45) is 2.81. The van der Waals surface area contributed by atoms with Crippen molar-refractivity contribution in [2.75, 3.05) is 0 Å². The molecule has 0 saturated heterocycles. The second kappa shape index (κ2) is 6.66. The number of hydrogen-bond donors (Lipinski definition) is 0. The first kappa shape index (κ1) is 14.2. The largest absolute Gasteiger partial charge is 0.0776 e. The summed E-state index contributed by atoms with van der Waals surface area (Å²) in [6.45, 7) is 8.56. The van der Waals surface area contributed by atoms with Crippen LogP contribution in [0.4, 0.5) is 0 Å². The van der Waals surface area contributed by atoms with Gasteiger partial charge in [0.15, 0.2) is 0 Å². The van der Waals surface area contributed by atoms with Crippen molar-refractivity contribution in [3.8, 4) is 0 Å². The molecule has 0 aromatic heterocycles. The van der Waals surface area contributed by atoms with Gasteiger partial charge in [-0.25, -0.2) is 0 Å². The minimum atomic E-state index is 0. The van der Waals surface area contributed by atoms with Gasteiger partial charge in [0.25, 0.3) is 0 Å². The first-order chi connectivity index (χ1) is 6.79. The van der Waals surface area contributed by atoms with Crippen molar-refractivity contribution in [1.29, 1.82) is 0 Å². The molecule has 0 spiro atoms. The Balaban J connectivity index is 0.000000617. The van der Waals surface area contributed by atoms with E-state index in [-0.39, 0.29) is 7.43 Å². The minimum Gasteiger partial charge on any atom is -0.0776 e. The zero-order valence-electron chi connectivity index (χ0n) is 9.88. The van der Waals surface area contributed by atoms with Gasteiger partial charge in [-0.05, 0) is 35.8 Å². The highest BCUT2D eigenvalue weighted by Crippen LogP contribution is 2.42. The van der Waals surface area contributed by atoms with E-state index in [1.807, 2.05) is 13.8 Å². The standard InChI is InChI=1S/C12H16.C2H6.CH4/c1-9(2)11-5-3-4-6-12(11)10-7-8-10;1-2;/h3-6,9-10H,7-8H2,1-2H3;1-2H3;1H4. The Kier molecular flexibility index (Phi) is 6.31. The zero-order valence-corrected chi connectivity index (χ0v) is 9.88. The molecule has 1 aliphatic rings. The van der Waals surface area contributed by atoms with Crippen molar-refractivity contribution in [2.45, 2.75) is 59.8 Å². The van der Waals surface area contributed by atoms with Gasteiger partial charge in [0.2, 0.25) is 0 Å². The van der Waals surface area contributed by atoms with Crippen molar-refractivity contribution < 1.29 is 0 Å². The monoisotopic (exact) mass is 206 g/mol. The molecule has 1 aromatic carbocycles. The molecule has 1 aliphatic carbocycles. The van der Waals surface area contributed by atoms with Crippen LogP contribution in [0.3, 0.4) is 0 Å². The quantitative estimate of drug-likeness (QED) is 0.612. The van der Waals surface area contributed by atoms with Gasteiger partial charge in [-0.2, -0.15) is 0 Å². The number of rotatable bonds is 2. The molecule has 2 rings (SSSR count). The maximum absolute atomic E-state index is 2.30. The predicted octanol–water partition coefficient (Wildman–Crippen LogP) is 5.35. The van der Waals surface area contributed by atoms with Crippen LogP contribution < -0.4 is 0 Å². The smallest absolute Gasteiger partial charge is 0.0159 e. The van der Waals surface area contributed by atoms with Crippen LogP contribution in [0.15, 0.2) is 24.3 Å². The molecule has 1 saturated carbocycles. The molecule has 0 unspecified atom stereocenters. The summed E-state index contributed by atoms with van der Waals surface area (Å²) in [7, 11) is 0. The average molecular weight is 206 g/mol. The highest BCUT2D eigenvalue weighted by Gasteiger charge is 2.25. The molecule has 1 fully saturated rings. The van der Waals surface area contributed by atoms with Gasteiger partial charge in [0.05, 0.1) is 0 Å². The van der Waals surface area contributed by atoms with E-state index < -0.39 is 0 Å². The van der Waals surface area contributed by atoms with Gasteiger partial charge < -0.3 is 0 Å². The average Bonchev–Trinajstić information content (AvgIpc) is 3.04. The third-order valence-corrected chi connectivity index (χ3v) is 2.64. The minimum absolute atomic E-state index is 0. The summed E-state index contributed by atoms with van der Waals surface area (Å²) in [5, 5.41) is 0. The van der Waals surface area contributed by atoms with E-state index in [0.717, 1.165) is 5.92 Å². The van der Waals surface area contributed by atoms with E-state index in [9.17, 15) is 0 Å². The molecule has 0 heterocycles. The summed E-state index contributed by atoms with van der Waals surface area (Å²) in [5.74, 6) is 1.57.